The Balaban J connectivity index is 1.77. The van der Waals surface area contributed by atoms with Gasteiger partial charge in [-0.15, -0.1) is 11.3 Å². The molecule has 0 atom stereocenters. The van der Waals surface area contributed by atoms with Gasteiger partial charge in [-0.1, -0.05) is 6.07 Å². The molecule has 0 saturated heterocycles. The van der Waals surface area contributed by atoms with Gasteiger partial charge in [0, 0.05) is 25.2 Å². The van der Waals surface area contributed by atoms with E-state index in [1.807, 2.05) is 31.4 Å². The molecule has 1 fully saturated rings. The van der Waals surface area contributed by atoms with E-state index in [2.05, 4.69) is 10.1 Å². The third-order valence-electron chi connectivity index (χ3n) is 4.94. The summed E-state index contributed by atoms with van der Waals surface area (Å²) in [6.45, 7) is 4.70. The molecule has 28 heavy (non-hydrogen) atoms. The fraction of sp³-hybridized carbons (Fsp3) is 0.400. The number of rotatable bonds is 7. The molecule has 3 aromatic rings. The summed E-state index contributed by atoms with van der Waals surface area (Å²) >= 11 is 1.63. The van der Waals surface area contributed by atoms with Gasteiger partial charge in [0.2, 0.25) is 0 Å². The van der Waals surface area contributed by atoms with Crippen LogP contribution >= 0.6 is 11.3 Å². The second-order valence-electron chi connectivity index (χ2n) is 6.92. The van der Waals surface area contributed by atoms with E-state index >= 15 is 0 Å². The van der Waals surface area contributed by atoms with Crippen molar-refractivity contribution in [2.45, 2.75) is 32.6 Å². The van der Waals surface area contributed by atoms with Gasteiger partial charge in [0.25, 0.3) is 11.9 Å². The Bertz CT molecular complexity index is 979. The first-order valence-electron chi connectivity index (χ1n) is 9.50. The van der Waals surface area contributed by atoms with Crippen molar-refractivity contribution in [3.63, 3.8) is 0 Å². The fourth-order valence-electron chi connectivity index (χ4n) is 3.32. The van der Waals surface area contributed by atoms with Crippen molar-refractivity contribution in [1.82, 2.24) is 24.6 Å². The molecule has 3 aromatic heterocycles. The van der Waals surface area contributed by atoms with Crippen molar-refractivity contribution in [2.24, 2.45) is 0 Å². The lowest BCUT2D eigenvalue weighted by molar-refractivity contribution is 0.0730. The van der Waals surface area contributed by atoms with Gasteiger partial charge < -0.3 is 10.0 Å². The quantitative estimate of drug-likeness (QED) is 0.662. The summed E-state index contributed by atoms with van der Waals surface area (Å²) in [5.41, 5.74) is 3.35. The molecule has 0 radical (unpaired) electrons. The van der Waals surface area contributed by atoms with Crippen LogP contribution in [0.25, 0.3) is 16.5 Å². The highest BCUT2D eigenvalue weighted by atomic mass is 32.1. The molecule has 0 aliphatic heterocycles. The first kappa shape index (κ1) is 18.8. The van der Waals surface area contributed by atoms with Crippen LogP contribution in [0.4, 0.5) is 0 Å². The van der Waals surface area contributed by atoms with Gasteiger partial charge in [-0.3, -0.25) is 4.79 Å². The molecule has 3 heterocycles. The van der Waals surface area contributed by atoms with E-state index in [4.69, 9.17) is 4.98 Å². The van der Waals surface area contributed by atoms with Crippen LogP contribution < -0.4 is 0 Å². The maximum absolute atomic E-state index is 13.0. The number of amides is 1. The summed E-state index contributed by atoms with van der Waals surface area (Å²) in [4.78, 5) is 25.0. The van der Waals surface area contributed by atoms with Crippen molar-refractivity contribution >= 4 is 17.2 Å². The third-order valence-corrected chi connectivity index (χ3v) is 5.82. The molecule has 7 nitrogen and oxygen atoms in total. The molecular weight excluding hydrogens is 374 g/mol. The molecule has 1 N–H and O–H groups in total. The van der Waals surface area contributed by atoms with Crippen molar-refractivity contribution < 1.29 is 9.90 Å². The Kier molecular flexibility index (Phi) is 5.23. The summed E-state index contributed by atoms with van der Waals surface area (Å²) in [5.74, 6) is 0.680. The van der Waals surface area contributed by atoms with Crippen LogP contribution in [0.3, 0.4) is 0 Å². The summed E-state index contributed by atoms with van der Waals surface area (Å²) in [6.07, 6.45) is 5.48. The van der Waals surface area contributed by atoms with E-state index in [0.29, 0.717) is 30.5 Å². The highest BCUT2D eigenvalue weighted by molar-refractivity contribution is 7.13. The Morgan fingerprint density at radius 3 is 2.86 bits per heavy atom. The molecule has 0 spiro atoms. The lowest BCUT2D eigenvalue weighted by atomic mass is 10.1. The van der Waals surface area contributed by atoms with Crippen molar-refractivity contribution in [1.29, 1.82) is 0 Å². The van der Waals surface area contributed by atoms with Crippen LogP contribution in [0, 0.1) is 6.92 Å². The average molecular weight is 398 g/mol. The molecule has 4 rings (SSSR count). The summed E-state index contributed by atoms with van der Waals surface area (Å²) in [6, 6.07) is 4.04. The number of aliphatic hydroxyl groups is 1. The molecule has 0 unspecified atom stereocenters. The number of carbonyl (C=O) groups is 1. The molecule has 1 saturated carbocycles. The number of carbonyl (C=O) groups excluding carboxylic acids is 1. The minimum Gasteiger partial charge on any atom is -0.395 e. The SMILES string of the molecule is CCN(CCO)C(=O)c1cnn(-c2ncc(C)c(-c3cccs3)n2)c1C1CC1. The van der Waals surface area contributed by atoms with E-state index in [1.165, 1.54) is 0 Å². The van der Waals surface area contributed by atoms with Gasteiger partial charge in [-0.05, 0) is 43.7 Å². The monoisotopic (exact) mass is 397 g/mol. The Morgan fingerprint density at radius 1 is 1.39 bits per heavy atom. The van der Waals surface area contributed by atoms with Crippen molar-refractivity contribution in [3.8, 4) is 16.5 Å². The summed E-state index contributed by atoms with van der Waals surface area (Å²) in [5, 5.41) is 15.8. The van der Waals surface area contributed by atoms with E-state index < -0.39 is 0 Å². The molecule has 1 aliphatic carbocycles. The highest BCUT2D eigenvalue weighted by Gasteiger charge is 2.34. The normalized spacial score (nSPS) is 13.7. The van der Waals surface area contributed by atoms with Crippen molar-refractivity contribution in [2.75, 3.05) is 19.7 Å². The number of hydrogen-bond donors (Lipinski definition) is 1. The summed E-state index contributed by atoms with van der Waals surface area (Å²) in [7, 11) is 0. The lowest BCUT2D eigenvalue weighted by Crippen LogP contribution is -2.33. The predicted octanol–water partition coefficient (Wildman–Crippen LogP) is 3.03. The van der Waals surface area contributed by atoms with Gasteiger partial charge in [0.15, 0.2) is 0 Å². The second-order valence-corrected chi connectivity index (χ2v) is 7.86. The number of thiophene rings is 1. The second kappa shape index (κ2) is 7.81. The molecule has 1 aliphatic rings. The van der Waals surface area contributed by atoms with Gasteiger partial charge >= 0.3 is 0 Å². The van der Waals surface area contributed by atoms with E-state index in [9.17, 15) is 9.90 Å². The van der Waals surface area contributed by atoms with E-state index in [1.54, 1.807) is 33.3 Å². The van der Waals surface area contributed by atoms with Gasteiger partial charge in [0.05, 0.1) is 34.6 Å². The number of aromatic nitrogens is 4. The third kappa shape index (κ3) is 3.45. The van der Waals surface area contributed by atoms with Gasteiger partial charge in [0.1, 0.15) is 0 Å². The van der Waals surface area contributed by atoms with Gasteiger partial charge in [-0.25, -0.2) is 14.6 Å². The van der Waals surface area contributed by atoms with Crippen LogP contribution in [-0.4, -0.2) is 55.4 Å². The molecular formula is C20H23N5O2S. The molecule has 1 amide bonds. The predicted molar refractivity (Wildman–Crippen MR) is 108 cm³/mol. The van der Waals surface area contributed by atoms with Crippen molar-refractivity contribution in [3.05, 3.63) is 46.7 Å². The Morgan fingerprint density at radius 2 is 2.21 bits per heavy atom. The standard InChI is InChI=1S/C20H23N5O2S/c1-3-24(8-9-26)19(27)15-12-22-25(18(15)14-6-7-14)20-21-11-13(2)17(23-20)16-5-4-10-28-16/h4-5,10-12,14,26H,3,6-9H2,1-2H3. The first-order valence-corrected chi connectivity index (χ1v) is 10.4. The minimum absolute atomic E-state index is 0.0578. The smallest absolute Gasteiger partial charge is 0.257 e. The van der Waals surface area contributed by atoms with E-state index in [-0.39, 0.29) is 12.5 Å². The van der Waals surface area contributed by atoms with Crippen LogP contribution in [0.15, 0.2) is 29.9 Å². The largest absolute Gasteiger partial charge is 0.395 e. The lowest BCUT2D eigenvalue weighted by Gasteiger charge is -2.19. The van der Waals surface area contributed by atoms with Crippen LogP contribution in [-0.2, 0) is 0 Å². The zero-order valence-electron chi connectivity index (χ0n) is 16.0. The number of hydrogen-bond acceptors (Lipinski definition) is 6. The zero-order chi connectivity index (χ0) is 19.7. The molecule has 8 heteroatoms. The van der Waals surface area contributed by atoms with Gasteiger partial charge in [-0.2, -0.15) is 5.10 Å². The Hall–Kier alpha value is -2.58. The van der Waals surface area contributed by atoms with Crippen LogP contribution in [0.1, 0.15) is 47.3 Å². The fourth-order valence-corrected chi connectivity index (χ4v) is 4.10. The number of likely N-dealkylation sites (N-methyl/N-ethyl adjacent to an activating group) is 1. The topological polar surface area (TPSA) is 84.1 Å². The maximum atomic E-state index is 13.0. The Labute approximate surface area is 167 Å². The zero-order valence-corrected chi connectivity index (χ0v) is 16.8. The maximum Gasteiger partial charge on any atom is 0.257 e. The van der Waals surface area contributed by atoms with Crippen LogP contribution in [0.2, 0.25) is 0 Å². The van der Waals surface area contributed by atoms with E-state index in [0.717, 1.165) is 34.7 Å². The number of aryl methyl sites for hydroxylation is 1. The highest BCUT2D eigenvalue weighted by Crippen LogP contribution is 2.42. The minimum atomic E-state index is -0.102. The first-order chi connectivity index (χ1) is 13.6. The molecule has 0 bridgehead atoms. The molecule has 0 aromatic carbocycles. The number of nitrogens with zero attached hydrogens (tertiary/aromatic N) is 5. The van der Waals surface area contributed by atoms with Crippen LogP contribution in [0.5, 0.6) is 0 Å². The number of aliphatic hydroxyl groups excluding tert-OH is 1. The molecule has 146 valence electrons. The average Bonchev–Trinajstić information content (AvgIpc) is 3.21. The summed E-state index contributed by atoms with van der Waals surface area (Å²) < 4.78 is 1.72.